The van der Waals surface area contributed by atoms with E-state index in [0.717, 1.165) is 5.56 Å². The van der Waals surface area contributed by atoms with Crippen molar-refractivity contribution < 1.29 is 19.4 Å². The average molecular weight is 346 g/mol. The lowest BCUT2D eigenvalue weighted by atomic mass is 10.1. The molecule has 2 N–H and O–H groups in total. The Morgan fingerprint density at radius 3 is 2.62 bits per heavy atom. The van der Waals surface area contributed by atoms with Crippen LogP contribution in [0.4, 0.5) is 5.13 Å². The van der Waals surface area contributed by atoms with Gasteiger partial charge in [0.2, 0.25) is 5.91 Å². The minimum atomic E-state index is -0.936. The lowest BCUT2D eigenvalue weighted by Gasteiger charge is -2.05. The molecule has 1 aliphatic carbocycles. The first kappa shape index (κ1) is 16.4. The van der Waals surface area contributed by atoms with Crippen LogP contribution < -0.4 is 10.1 Å². The van der Waals surface area contributed by atoms with Gasteiger partial charge in [-0.15, -0.1) is 11.3 Å². The number of anilines is 1. The SMILES string of the molecule is COc1ccccc1-c1csc(NC(=O)[C@H]2[C@H](C(=O)O)C2(C)C)n1. The summed E-state index contributed by atoms with van der Waals surface area (Å²) in [6, 6.07) is 7.50. The zero-order chi connectivity index (χ0) is 17.5. The summed E-state index contributed by atoms with van der Waals surface area (Å²) >= 11 is 1.30. The third-order valence-corrected chi connectivity index (χ3v) is 5.25. The van der Waals surface area contributed by atoms with Crippen LogP contribution in [-0.2, 0) is 9.59 Å². The van der Waals surface area contributed by atoms with Gasteiger partial charge in [0.15, 0.2) is 5.13 Å². The van der Waals surface area contributed by atoms with Crippen LogP contribution in [0.2, 0.25) is 0 Å². The van der Waals surface area contributed by atoms with Gasteiger partial charge in [-0.25, -0.2) is 4.98 Å². The number of rotatable bonds is 5. The van der Waals surface area contributed by atoms with Crippen molar-refractivity contribution in [2.45, 2.75) is 13.8 Å². The van der Waals surface area contributed by atoms with E-state index in [1.165, 1.54) is 11.3 Å². The zero-order valence-electron chi connectivity index (χ0n) is 13.6. The Morgan fingerprint density at radius 2 is 2.00 bits per heavy atom. The maximum Gasteiger partial charge on any atom is 0.307 e. The highest BCUT2D eigenvalue weighted by molar-refractivity contribution is 7.14. The van der Waals surface area contributed by atoms with E-state index in [-0.39, 0.29) is 5.91 Å². The van der Waals surface area contributed by atoms with Crippen LogP contribution in [0.15, 0.2) is 29.6 Å². The molecule has 1 aliphatic rings. The number of aliphatic carboxylic acids is 1. The van der Waals surface area contributed by atoms with Crippen LogP contribution in [-0.4, -0.2) is 29.1 Å². The molecule has 1 heterocycles. The van der Waals surface area contributed by atoms with E-state index in [1.807, 2.05) is 29.6 Å². The number of methoxy groups -OCH3 is 1. The van der Waals surface area contributed by atoms with Crippen molar-refractivity contribution in [3.05, 3.63) is 29.6 Å². The van der Waals surface area contributed by atoms with E-state index < -0.39 is 23.2 Å². The molecule has 0 saturated heterocycles. The van der Waals surface area contributed by atoms with Gasteiger partial charge in [-0.05, 0) is 17.5 Å². The number of hydrogen-bond acceptors (Lipinski definition) is 5. The molecule has 1 fully saturated rings. The van der Waals surface area contributed by atoms with Crippen LogP contribution in [0.3, 0.4) is 0 Å². The first-order valence-corrected chi connectivity index (χ1v) is 8.36. The zero-order valence-corrected chi connectivity index (χ0v) is 14.4. The van der Waals surface area contributed by atoms with Crippen molar-refractivity contribution in [1.29, 1.82) is 0 Å². The third kappa shape index (κ3) is 2.75. The number of ether oxygens (including phenoxy) is 1. The predicted octanol–water partition coefficient (Wildman–Crippen LogP) is 3.11. The second-order valence-electron chi connectivity index (χ2n) is 6.34. The van der Waals surface area contributed by atoms with Gasteiger partial charge in [-0.1, -0.05) is 26.0 Å². The molecule has 0 unspecified atom stereocenters. The number of aromatic nitrogens is 1. The number of nitrogens with one attached hydrogen (secondary N) is 1. The Hall–Kier alpha value is -2.41. The van der Waals surface area contributed by atoms with Crippen LogP contribution in [0.5, 0.6) is 5.75 Å². The first-order valence-electron chi connectivity index (χ1n) is 7.49. The van der Waals surface area contributed by atoms with Crippen molar-refractivity contribution in [3.8, 4) is 17.0 Å². The molecule has 126 valence electrons. The number of benzene rings is 1. The molecule has 3 rings (SSSR count). The van der Waals surface area contributed by atoms with Gasteiger partial charge in [0.05, 0.1) is 24.6 Å². The summed E-state index contributed by atoms with van der Waals surface area (Å²) in [4.78, 5) is 28.0. The van der Waals surface area contributed by atoms with E-state index in [2.05, 4.69) is 10.3 Å². The Balaban J connectivity index is 1.76. The molecule has 0 aliphatic heterocycles. The molecular formula is C17H18N2O4S. The van der Waals surface area contributed by atoms with Gasteiger partial charge < -0.3 is 15.2 Å². The molecule has 6 nitrogen and oxygen atoms in total. The number of hydrogen-bond donors (Lipinski definition) is 2. The molecular weight excluding hydrogens is 328 g/mol. The number of thiazole rings is 1. The van der Waals surface area contributed by atoms with Crippen molar-refractivity contribution in [1.82, 2.24) is 4.98 Å². The largest absolute Gasteiger partial charge is 0.496 e. The van der Waals surface area contributed by atoms with E-state index in [9.17, 15) is 14.7 Å². The van der Waals surface area contributed by atoms with E-state index in [4.69, 9.17) is 4.74 Å². The van der Waals surface area contributed by atoms with Crippen LogP contribution in [0.1, 0.15) is 13.8 Å². The summed E-state index contributed by atoms with van der Waals surface area (Å²) < 4.78 is 5.32. The van der Waals surface area contributed by atoms with E-state index in [1.54, 1.807) is 21.0 Å². The number of carbonyl (C=O) groups is 2. The molecule has 2 atom stereocenters. The molecule has 0 bridgehead atoms. The number of carboxylic acids is 1. The number of carbonyl (C=O) groups excluding carboxylic acids is 1. The van der Waals surface area contributed by atoms with Crippen LogP contribution >= 0.6 is 11.3 Å². The number of para-hydroxylation sites is 1. The fourth-order valence-electron chi connectivity index (χ4n) is 3.08. The normalized spacial score (nSPS) is 21.1. The van der Waals surface area contributed by atoms with Gasteiger partial charge in [0.1, 0.15) is 5.75 Å². The lowest BCUT2D eigenvalue weighted by Crippen LogP contribution is -2.17. The molecule has 1 aromatic carbocycles. The van der Waals surface area contributed by atoms with Crippen molar-refractivity contribution in [2.75, 3.05) is 12.4 Å². The summed E-state index contributed by atoms with van der Waals surface area (Å²) in [6.07, 6.45) is 0. The molecule has 1 amide bonds. The summed E-state index contributed by atoms with van der Waals surface area (Å²) in [7, 11) is 1.59. The van der Waals surface area contributed by atoms with Gasteiger partial charge >= 0.3 is 5.97 Å². The second-order valence-corrected chi connectivity index (χ2v) is 7.20. The highest BCUT2D eigenvalue weighted by Gasteiger charge is 2.65. The van der Waals surface area contributed by atoms with Crippen molar-refractivity contribution in [2.24, 2.45) is 17.3 Å². The van der Waals surface area contributed by atoms with Crippen LogP contribution in [0, 0.1) is 17.3 Å². The molecule has 0 radical (unpaired) electrons. The standard InChI is InChI=1S/C17H18N2O4S/c1-17(2)12(13(17)15(21)22)14(20)19-16-18-10(8-24-16)9-6-4-5-7-11(9)23-3/h4-8,12-13H,1-3H3,(H,21,22)(H,18,19,20)/t12-,13-/m1/s1. The fraction of sp³-hybridized carbons (Fsp3) is 0.353. The lowest BCUT2D eigenvalue weighted by molar-refractivity contribution is -0.140. The summed E-state index contributed by atoms with van der Waals surface area (Å²) in [6.45, 7) is 3.58. The van der Waals surface area contributed by atoms with E-state index >= 15 is 0 Å². The van der Waals surface area contributed by atoms with Crippen molar-refractivity contribution >= 4 is 28.3 Å². The highest BCUT2D eigenvalue weighted by atomic mass is 32.1. The smallest absolute Gasteiger partial charge is 0.307 e. The Labute approximate surface area is 143 Å². The molecule has 7 heteroatoms. The average Bonchev–Trinajstić information content (AvgIpc) is 2.89. The maximum absolute atomic E-state index is 12.3. The van der Waals surface area contributed by atoms with Crippen LogP contribution in [0.25, 0.3) is 11.3 Å². The molecule has 1 saturated carbocycles. The minimum absolute atomic E-state index is 0.298. The van der Waals surface area contributed by atoms with Gasteiger partial charge in [0, 0.05) is 10.9 Å². The molecule has 1 aromatic heterocycles. The van der Waals surface area contributed by atoms with Gasteiger partial charge in [-0.3, -0.25) is 9.59 Å². The third-order valence-electron chi connectivity index (χ3n) is 4.49. The fourth-order valence-corrected chi connectivity index (χ4v) is 3.80. The summed E-state index contributed by atoms with van der Waals surface area (Å²) in [5, 5.41) is 14.2. The van der Waals surface area contributed by atoms with Crippen molar-refractivity contribution in [3.63, 3.8) is 0 Å². The highest BCUT2D eigenvalue weighted by Crippen LogP contribution is 2.58. The maximum atomic E-state index is 12.3. The molecule has 24 heavy (non-hydrogen) atoms. The first-order chi connectivity index (χ1) is 11.4. The topological polar surface area (TPSA) is 88.5 Å². The summed E-state index contributed by atoms with van der Waals surface area (Å²) in [5.74, 6) is -1.71. The Morgan fingerprint density at radius 1 is 1.29 bits per heavy atom. The molecule has 2 aromatic rings. The predicted molar refractivity (Wildman–Crippen MR) is 91.1 cm³/mol. The minimum Gasteiger partial charge on any atom is -0.496 e. The van der Waals surface area contributed by atoms with Gasteiger partial charge in [0.25, 0.3) is 0 Å². The number of carboxylic acid groups (broad SMARTS) is 1. The quantitative estimate of drug-likeness (QED) is 0.868. The second kappa shape index (κ2) is 5.90. The Kier molecular flexibility index (Phi) is 4.04. The van der Waals surface area contributed by atoms with E-state index in [0.29, 0.717) is 16.6 Å². The number of amides is 1. The summed E-state index contributed by atoms with van der Waals surface area (Å²) in [5.41, 5.74) is 1.02. The monoisotopic (exact) mass is 346 g/mol. The Bertz CT molecular complexity index is 799. The number of nitrogens with zero attached hydrogens (tertiary/aromatic N) is 1. The molecule has 0 spiro atoms. The van der Waals surface area contributed by atoms with Gasteiger partial charge in [-0.2, -0.15) is 0 Å².